The molecule has 0 radical (unpaired) electrons. The lowest BCUT2D eigenvalue weighted by Gasteiger charge is -2.16. The first-order chi connectivity index (χ1) is 9.16. The van der Waals surface area contributed by atoms with Gasteiger partial charge >= 0.3 is 0 Å². The van der Waals surface area contributed by atoms with Gasteiger partial charge in [-0.2, -0.15) is 0 Å². The Hall–Kier alpha value is -0.780. The number of carbonyl (C=O) groups excluding carboxylic acids is 1. The molecule has 0 unspecified atom stereocenters. The van der Waals surface area contributed by atoms with E-state index in [2.05, 4.69) is 22.0 Å². The van der Waals surface area contributed by atoms with Crippen LogP contribution in [-0.4, -0.2) is 23.6 Å². The van der Waals surface area contributed by atoms with E-state index in [1.807, 2.05) is 42.8 Å². The lowest BCUT2D eigenvalue weighted by Crippen LogP contribution is -2.27. The Balaban J connectivity index is 1.86. The Morgan fingerprint density at radius 2 is 2.11 bits per heavy atom. The van der Waals surface area contributed by atoms with Crippen molar-refractivity contribution in [2.75, 3.05) is 12.8 Å². The molecule has 0 fully saturated rings. The quantitative estimate of drug-likeness (QED) is 0.746. The van der Waals surface area contributed by atoms with Crippen molar-refractivity contribution in [3.05, 3.63) is 51.1 Å². The second kappa shape index (κ2) is 7.12. The number of rotatable bonds is 5. The molecule has 2 aromatic rings. The molecule has 0 aliphatic heterocycles. The summed E-state index contributed by atoms with van der Waals surface area (Å²) >= 11 is 6.73. The van der Waals surface area contributed by atoms with Crippen LogP contribution < -0.4 is 0 Å². The van der Waals surface area contributed by atoms with Crippen LogP contribution in [0.4, 0.5) is 0 Å². The number of benzene rings is 1. The molecule has 1 aromatic heterocycles. The Morgan fingerprint density at radius 1 is 1.32 bits per heavy atom. The van der Waals surface area contributed by atoms with Gasteiger partial charge in [-0.15, -0.1) is 23.1 Å². The molecule has 0 bridgehead atoms. The third-order valence-electron chi connectivity index (χ3n) is 2.59. The molecule has 1 amide bonds. The van der Waals surface area contributed by atoms with E-state index >= 15 is 0 Å². The summed E-state index contributed by atoms with van der Waals surface area (Å²) in [5.41, 5.74) is 0. The minimum absolute atomic E-state index is 0.147. The van der Waals surface area contributed by atoms with Gasteiger partial charge in [-0.1, -0.05) is 18.2 Å². The van der Waals surface area contributed by atoms with E-state index < -0.39 is 0 Å². The van der Waals surface area contributed by atoms with Crippen LogP contribution in [0.15, 0.2) is 51.1 Å². The molecule has 0 saturated carbocycles. The van der Waals surface area contributed by atoms with Gasteiger partial charge in [-0.25, -0.2) is 0 Å². The molecule has 0 aliphatic rings. The summed E-state index contributed by atoms with van der Waals surface area (Å²) in [7, 11) is 1.85. The standard InChI is InChI=1S/C14H14BrNOS2/c1-16(9-11-5-4-8-18-11)14(17)10-19-13-7-3-2-6-12(13)15/h2-8H,9-10H2,1H3. The molecular formula is C14H14BrNOS2. The van der Waals surface area contributed by atoms with Gasteiger partial charge in [0.25, 0.3) is 0 Å². The molecule has 2 nitrogen and oxygen atoms in total. The zero-order valence-electron chi connectivity index (χ0n) is 10.5. The number of halogens is 1. The van der Waals surface area contributed by atoms with E-state index in [0.717, 1.165) is 9.37 Å². The Morgan fingerprint density at radius 3 is 2.79 bits per heavy atom. The van der Waals surface area contributed by atoms with Crippen LogP contribution in [-0.2, 0) is 11.3 Å². The first kappa shape index (κ1) is 14.6. The van der Waals surface area contributed by atoms with Crippen LogP contribution in [0.5, 0.6) is 0 Å². The second-order valence-electron chi connectivity index (χ2n) is 4.05. The summed E-state index contributed by atoms with van der Waals surface area (Å²) in [5.74, 6) is 0.610. The van der Waals surface area contributed by atoms with Gasteiger partial charge in [0.05, 0.1) is 12.3 Å². The fourth-order valence-electron chi connectivity index (χ4n) is 1.54. The predicted molar refractivity (Wildman–Crippen MR) is 85.7 cm³/mol. The van der Waals surface area contributed by atoms with Crippen LogP contribution in [0.25, 0.3) is 0 Å². The summed E-state index contributed by atoms with van der Waals surface area (Å²) in [4.78, 5) is 16.1. The summed E-state index contributed by atoms with van der Waals surface area (Å²) in [6.45, 7) is 0.688. The maximum absolute atomic E-state index is 12.0. The van der Waals surface area contributed by atoms with E-state index in [1.54, 1.807) is 28.0 Å². The van der Waals surface area contributed by atoms with E-state index in [-0.39, 0.29) is 5.91 Å². The van der Waals surface area contributed by atoms with Gasteiger partial charge in [0.1, 0.15) is 0 Å². The molecule has 1 heterocycles. The van der Waals surface area contributed by atoms with Crippen LogP contribution in [0.1, 0.15) is 4.88 Å². The zero-order chi connectivity index (χ0) is 13.7. The highest BCUT2D eigenvalue weighted by Gasteiger charge is 2.11. The smallest absolute Gasteiger partial charge is 0.233 e. The number of hydrogen-bond acceptors (Lipinski definition) is 3. The fourth-order valence-corrected chi connectivity index (χ4v) is 3.80. The predicted octanol–water partition coefficient (Wildman–Crippen LogP) is 4.26. The molecule has 0 atom stereocenters. The lowest BCUT2D eigenvalue weighted by molar-refractivity contribution is -0.127. The molecule has 19 heavy (non-hydrogen) atoms. The van der Waals surface area contributed by atoms with Crippen molar-refractivity contribution < 1.29 is 4.79 Å². The minimum Gasteiger partial charge on any atom is -0.340 e. The van der Waals surface area contributed by atoms with E-state index in [0.29, 0.717) is 12.3 Å². The fraction of sp³-hybridized carbons (Fsp3) is 0.214. The molecule has 100 valence electrons. The Kier molecular flexibility index (Phi) is 5.48. The zero-order valence-corrected chi connectivity index (χ0v) is 13.7. The Labute approximate surface area is 130 Å². The first-order valence-electron chi connectivity index (χ1n) is 5.80. The lowest BCUT2D eigenvalue weighted by atomic mass is 10.4. The highest BCUT2D eigenvalue weighted by molar-refractivity contribution is 9.10. The Bertz CT molecular complexity index is 542. The van der Waals surface area contributed by atoms with Crippen molar-refractivity contribution in [3.8, 4) is 0 Å². The van der Waals surface area contributed by atoms with E-state index in [9.17, 15) is 4.79 Å². The van der Waals surface area contributed by atoms with Gasteiger partial charge < -0.3 is 4.90 Å². The van der Waals surface area contributed by atoms with Gasteiger partial charge in [0.2, 0.25) is 5.91 Å². The summed E-state index contributed by atoms with van der Waals surface area (Å²) in [5, 5.41) is 2.03. The third-order valence-corrected chi connectivity index (χ3v) is 5.46. The molecule has 0 spiro atoms. The van der Waals surface area contributed by atoms with Crippen LogP contribution >= 0.6 is 39.0 Å². The molecule has 0 N–H and O–H groups in total. The normalized spacial score (nSPS) is 10.4. The number of carbonyl (C=O) groups is 1. The van der Waals surface area contributed by atoms with Gasteiger partial charge in [-0.05, 0) is 39.5 Å². The maximum Gasteiger partial charge on any atom is 0.233 e. The van der Waals surface area contributed by atoms with Crippen molar-refractivity contribution >= 4 is 44.9 Å². The molecular weight excluding hydrogens is 342 g/mol. The van der Waals surface area contributed by atoms with Crippen LogP contribution in [0, 0.1) is 0 Å². The minimum atomic E-state index is 0.147. The number of thioether (sulfide) groups is 1. The number of hydrogen-bond donors (Lipinski definition) is 0. The number of thiophene rings is 1. The van der Waals surface area contributed by atoms with Crippen LogP contribution in [0.3, 0.4) is 0 Å². The first-order valence-corrected chi connectivity index (χ1v) is 8.46. The van der Waals surface area contributed by atoms with Gasteiger partial charge in [-0.3, -0.25) is 4.79 Å². The second-order valence-corrected chi connectivity index (χ2v) is 6.95. The van der Waals surface area contributed by atoms with E-state index in [4.69, 9.17) is 0 Å². The van der Waals surface area contributed by atoms with Crippen molar-refractivity contribution in [2.24, 2.45) is 0 Å². The maximum atomic E-state index is 12.0. The summed E-state index contributed by atoms with van der Waals surface area (Å²) in [6, 6.07) is 12.0. The molecule has 0 saturated heterocycles. The van der Waals surface area contributed by atoms with Crippen molar-refractivity contribution in [3.63, 3.8) is 0 Å². The van der Waals surface area contributed by atoms with Crippen molar-refractivity contribution in [1.29, 1.82) is 0 Å². The van der Waals surface area contributed by atoms with Gasteiger partial charge in [0.15, 0.2) is 0 Å². The number of nitrogens with zero attached hydrogens (tertiary/aromatic N) is 1. The number of amides is 1. The summed E-state index contributed by atoms with van der Waals surface area (Å²) < 4.78 is 1.04. The molecule has 2 rings (SSSR count). The average Bonchev–Trinajstić information content (AvgIpc) is 2.90. The monoisotopic (exact) mass is 355 g/mol. The molecule has 0 aliphatic carbocycles. The van der Waals surface area contributed by atoms with Crippen LogP contribution in [0.2, 0.25) is 0 Å². The van der Waals surface area contributed by atoms with E-state index in [1.165, 1.54) is 4.88 Å². The van der Waals surface area contributed by atoms with Crippen molar-refractivity contribution in [1.82, 2.24) is 4.90 Å². The average molecular weight is 356 g/mol. The largest absolute Gasteiger partial charge is 0.340 e. The molecule has 1 aromatic carbocycles. The summed E-state index contributed by atoms with van der Waals surface area (Å²) in [6.07, 6.45) is 0. The van der Waals surface area contributed by atoms with Crippen molar-refractivity contribution in [2.45, 2.75) is 11.4 Å². The topological polar surface area (TPSA) is 20.3 Å². The van der Waals surface area contributed by atoms with Gasteiger partial charge in [0, 0.05) is 21.3 Å². The highest BCUT2D eigenvalue weighted by Crippen LogP contribution is 2.27. The SMILES string of the molecule is CN(Cc1cccs1)C(=O)CSc1ccccc1Br. The highest BCUT2D eigenvalue weighted by atomic mass is 79.9. The molecule has 5 heteroatoms. The third kappa shape index (κ3) is 4.37.